The molecule has 5 nitrogen and oxygen atoms in total. The number of nitrogens with zero attached hydrogens (tertiary/aromatic N) is 3. The Bertz CT molecular complexity index is 624. The van der Waals surface area contributed by atoms with Gasteiger partial charge in [0.05, 0.1) is 0 Å². The van der Waals surface area contributed by atoms with Gasteiger partial charge in [0.25, 0.3) is 0 Å². The van der Waals surface area contributed by atoms with Crippen molar-refractivity contribution in [2.45, 2.75) is 32.9 Å². The average molecular weight is 360 g/mol. The average Bonchev–Trinajstić information content (AvgIpc) is 3.07. The Morgan fingerprint density at radius 1 is 1.20 bits per heavy atom. The quantitative estimate of drug-likeness (QED) is 0.389. The molecule has 0 radical (unpaired) electrons. The van der Waals surface area contributed by atoms with E-state index < -0.39 is 0 Å². The summed E-state index contributed by atoms with van der Waals surface area (Å²) in [5.41, 5.74) is 1.27. The van der Waals surface area contributed by atoms with Crippen LogP contribution in [-0.2, 0) is 13.1 Å². The van der Waals surface area contributed by atoms with E-state index in [1.54, 1.807) is 0 Å². The summed E-state index contributed by atoms with van der Waals surface area (Å²) in [7, 11) is 0. The number of rotatable bonds is 10. The number of aliphatic imine (C=N–C) groups is 1. The third-order valence-electron chi connectivity index (χ3n) is 3.79. The number of aromatic nitrogens is 2. The fourth-order valence-electron chi connectivity index (χ4n) is 2.49. The SMILES string of the molecule is CCNC(=NCc1nccn1Cc1ccccc1)NCCCCSC. The number of benzene rings is 1. The monoisotopic (exact) mass is 359 g/mol. The fraction of sp³-hybridized carbons (Fsp3) is 0.474. The van der Waals surface area contributed by atoms with Gasteiger partial charge in [0.15, 0.2) is 5.96 Å². The molecule has 6 heteroatoms. The molecule has 0 saturated heterocycles. The van der Waals surface area contributed by atoms with E-state index in [0.29, 0.717) is 6.54 Å². The second kappa shape index (κ2) is 11.6. The summed E-state index contributed by atoms with van der Waals surface area (Å²) in [5.74, 6) is 3.05. The molecule has 0 unspecified atom stereocenters. The smallest absolute Gasteiger partial charge is 0.191 e. The molecule has 2 N–H and O–H groups in total. The summed E-state index contributed by atoms with van der Waals surface area (Å²) in [6.45, 7) is 5.28. The maximum atomic E-state index is 4.68. The molecule has 1 aromatic carbocycles. The van der Waals surface area contributed by atoms with Gasteiger partial charge in [-0.25, -0.2) is 9.98 Å². The maximum Gasteiger partial charge on any atom is 0.191 e. The standard InChI is InChI=1S/C19H29N5S/c1-3-20-19(22-11-7-8-14-25-2)23-15-18-21-12-13-24(18)16-17-9-5-4-6-10-17/h4-6,9-10,12-13H,3,7-8,11,14-16H2,1-2H3,(H2,20,22,23). The summed E-state index contributed by atoms with van der Waals surface area (Å²) in [5, 5.41) is 6.71. The van der Waals surface area contributed by atoms with E-state index in [4.69, 9.17) is 0 Å². The van der Waals surface area contributed by atoms with Gasteiger partial charge in [-0.15, -0.1) is 0 Å². The zero-order valence-electron chi connectivity index (χ0n) is 15.2. The van der Waals surface area contributed by atoms with Crippen LogP contribution in [0.5, 0.6) is 0 Å². The minimum atomic E-state index is 0.569. The number of hydrogen-bond donors (Lipinski definition) is 2. The second-order valence-corrected chi connectivity index (χ2v) is 6.76. The van der Waals surface area contributed by atoms with Crippen LogP contribution in [0.1, 0.15) is 31.2 Å². The van der Waals surface area contributed by atoms with E-state index in [0.717, 1.165) is 37.8 Å². The van der Waals surface area contributed by atoms with Gasteiger partial charge in [0.1, 0.15) is 12.4 Å². The van der Waals surface area contributed by atoms with E-state index >= 15 is 0 Å². The van der Waals surface area contributed by atoms with Crippen molar-refractivity contribution < 1.29 is 0 Å². The molecule has 25 heavy (non-hydrogen) atoms. The van der Waals surface area contributed by atoms with Crippen molar-refractivity contribution in [2.75, 3.05) is 25.1 Å². The first-order valence-corrected chi connectivity index (χ1v) is 10.3. The van der Waals surface area contributed by atoms with E-state index in [1.807, 2.05) is 30.2 Å². The third-order valence-corrected chi connectivity index (χ3v) is 4.48. The Morgan fingerprint density at radius 2 is 2.04 bits per heavy atom. The molecule has 1 heterocycles. The van der Waals surface area contributed by atoms with Crippen molar-refractivity contribution in [3.63, 3.8) is 0 Å². The summed E-state index contributed by atoms with van der Waals surface area (Å²) < 4.78 is 2.15. The zero-order valence-corrected chi connectivity index (χ0v) is 16.1. The Labute approximate surface area is 155 Å². The van der Waals surface area contributed by atoms with Gasteiger partial charge >= 0.3 is 0 Å². The lowest BCUT2D eigenvalue weighted by molar-refractivity contribution is 0.708. The summed E-state index contributed by atoms with van der Waals surface area (Å²) in [4.78, 5) is 9.14. The molecule has 0 atom stereocenters. The molecule has 0 spiro atoms. The predicted octanol–water partition coefficient (Wildman–Crippen LogP) is 3.13. The topological polar surface area (TPSA) is 54.2 Å². The number of guanidine groups is 1. The molecule has 136 valence electrons. The Balaban J connectivity index is 1.90. The number of imidazole rings is 1. The number of thioether (sulfide) groups is 1. The Kier molecular flexibility index (Phi) is 8.97. The second-order valence-electron chi connectivity index (χ2n) is 5.78. The highest BCUT2D eigenvalue weighted by Gasteiger charge is 2.04. The van der Waals surface area contributed by atoms with E-state index in [2.05, 4.69) is 62.6 Å². The van der Waals surface area contributed by atoms with E-state index in [9.17, 15) is 0 Å². The molecule has 0 aliphatic carbocycles. The van der Waals surface area contributed by atoms with Crippen LogP contribution in [0.2, 0.25) is 0 Å². The minimum absolute atomic E-state index is 0.569. The Hall–Kier alpha value is -1.95. The van der Waals surface area contributed by atoms with Gasteiger partial charge in [0.2, 0.25) is 0 Å². The van der Waals surface area contributed by atoms with Crippen LogP contribution in [0, 0.1) is 0 Å². The molecule has 2 rings (SSSR count). The van der Waals surface area contributed by atoms with Gasteiger partial charge < -0.3 is 15.2 Å². The molecule has 0 aliphatic rings. The molecule has 0 fully saturated rings. The summed E-state index contributed by atoms with van der Waals surface area (Å²) >= 11 is 1.90. The first-order valence-electron chi connectivity index (χ1n) is 8.88. The van der Waals surface area contributed by atoms with Crippen molar-refractivity contribution in [2.24, 2.45) is 4.99 Å². The molecule has 2 aromatic rings. The first-order chi connectivity index (χ1) is 12.3. The van der Waals surface area contributed by atoms with Crippen molar-refractivity contribution >= 4 is 17.7 Å². The van der Waals surface area contributed by atoms with Crippen molar-refractivity contribution in [3.8, 4) is 0 Å². The van der Waals surface area contributed by atoms with Crippen LogP contribution < -0.4 is 10.6 Å². The van der Waals surface area contributed by atoms with Gasteiger partial charge in [-0.3, -0.25) is 0 Å². The zero-order chi connectivity index (χ0) is 17.7. The van der Waals surface area contributed by atoms with Crippen molar-refractivity contribution in [3.05, 3.63) is 54.1 Å². The molecule has 0 saturated carbocycles. The number of unbranched alkanes of at least 4 members (excludes halogenated alkanes) is 1. The highest BCUT2D eigenvalue weighted by Crippen LogP contribution is 2.06. The summed E-state index contributed by atoms with van der Waals surface area (Å²) in [6, 6.07) is 10.4. The van der Waals surface area contributed by atoms with Gasteiger partial charge in [-0.1, -0.05) is 30.3 Å². The Morgan fingerprint density at radius 3 is 2.80 bits per heavy atom. The van der Waals surface area contributed by atoms with Gasteiger partial charge in [0, 0.05) is 32.0 Å². The first kappa shape index (κ1) is 19.4. The van der Waals surface area contributed by atoms with Gasteiger partial charge in [-0.05, 0) is 37.3 Å². The number of nitrogens with one attached hydrogen (secondary N) is 2. The lowest BCUT2D eigenvalue weighted by Crippen LogP contribution is -2.37. The molecular formula is C19H29N5S. The predicted molar refractivity (Wildman–Crippen MR) is 108 cm³/mol. The van der Waals surface area contributed by atoms with Crippen molar-refractivity contribution in [1.29, 1.82) is 0 Å². The van der Waals surface area contributed by atoms with Gasteiger partial charge in [-0.2, -0.15) is 11.8 Å². The normalized spacial score (nSPS) is 11.5. The third kappa shape index (κ3) is 7.22. The fourth-order valence-corrected chi connectivity index (χ4v) is 2.98. The summed E-state index contributed by atoms with van der Waals surface area (Å²) in [6.07, 6.45) is 8.40. The molecule has 0 amide bonds. The highest BCUT2D eigenvalue weighted by molar-refractivity contribution is 7.98. The number of hydrogen-bond acceptors (Lipinski definition) is 3. The lowest BCUT2D eigenvalue weighted by atomic mass is 10.2. The van der Waals surface area contributed by atoms with Crippen LogP contribution in [0.25, 0.3) is 0 Å². The van der Waals surface area contributed by atoms with Crippen LogP contribution in [0.15, 0.2) is 47.7 Å². The molecule has 1 aromatic heterocycles. The molecular weight excluding hydrogens is 330 g/mol. The van der Waals surface area contributed by atoms with Crippen LogP contribution in [0.4, 0.5) is 0 Å². The van der Waals surface area contributed by atoms with Crippen LogP contribution in [0.3, 0.4) is 0 Å². The van der Waals surface area contributed by atoms with E-state index in [-0.39, 0.29) is 0 Å². The van der Waals surface area contributed by atoms with Crippen LogP contribution in [-0.4, -0.2) is 40.6 Å². The highest BCUT2D eigenvalue weighted by atomic mass is 32.2. The molecule has 0 bridgehead atoms. The van der Waals surface area contributed by atoms with E-state index in [1.165, 1.54) is 17.7 Å². The van der Waals surface area contributed by atoms with Crippen LogP contribution >= 0.6 is 11.8 Å². The lowest BCUT2D eigenvalue weighted by Gasteiger charge is -2.11. The molecule has 0 aliphatic heterocycles. The maximum absolute atomic E-state index is 4.68. The van der Waals surface area contributed by atoms with Crippen molar-refractivity contribution in [1.82, 2.24) is 20.2 Å². The largest absolute Gasteiger partial charge is 0.357 e. The minimum Gasteiger partial charge on any atom is -0.357 e.